The van der Waals surface area contributed by atoms with Crippen LogP contribution in [0.1, 0.15) is 16.7 Å². The Morgan fingerprint density at radius 2 is 1.96 bits per heavy atom. The van der Waals surface area contributed by atoms with E-state index in [9.17, 15) is 0 Å². The Morgan fingerprint density at radius 1 is 1.11 bits per heavy atom. The van der Waals surface area contributed by atoms with Crippen LogP contribution in [0.25, 0.3) is 0 Å². The van der Waals surface area contributed by atoms with E-state index in [1.54, 1.807) is 25.4 Å². The van der Waals surface area contributed by atoms with Crippen molar-refractivity contribution in [2.75, 3.05) is 7.11 Å². The lowest BCUT2D eigenvalue weighted by molar-refractivity contribution is 0.280. The Balaban J connectivity index is 1.77. The van der Waals surface area contributed by atoms with Gasteiger partial charge in [0.25, 0.3) is 0 Å². The van der Waals surface area contributed by atoms with E-state index in [0.29, 0.717) is 41.2 Å². The molecule has 0 aliphatic heterocycles. The van der Waals surface area contributed by atoms with Crippen LogP contribution in [0.15, 0.2) is 59.3 Å². The highest BCUT2D eigenvalue weighted by Gasteiger charge is 2.15. The molecule has 4 nitrogen and oxygen atoms in total. The van der Waals surface area contributed by atoms with Gasteiger partial charge in [-0.25, -0.2) is 0 Å². The maximum absolute atomic E-state index is 6.27. The summed E-state index contributed by atoms with van der Waals surface area (Å²) in [7, 11) is 1.62. The quantitative estimate of drug-likeness (QED) is 0.426. The second-order valence-electron chi connectivity index (χ2n) is 6.05. The third kappa shape index (κ3) is 5.39. The summed E-state index contributed by atoms with van der Waals surface area (Å²) in [6.07, 6.45) is 3.60. The van der Waals surface area contributed by atoms with Crippen molar-refractivity contribution in [3.8, 4) is 11.5 Å². The summed E-state index contributed by atoms with van der Waals surface area (Å²) in [5.74, 6) is 1.33. The lowest BCUT2D eigenvalue weighted by Crippen LogP contribution is -2.14. The van der Waals surface area contributed by atoms with Gasteiger partial charge in [0.2, 0.25) is 0 Å². The number of rotatable bonds is 8. The molecule has 0 saturated carbocycles. The van der Waals surface area contributed by atoms with Crippen LogP contribution in [0.3, 0.4) is 0 Å². The highest BCUT2D eigenvalue weighted by molar-refractivity contribution is 9.10. The van der Waals surface area contributed by atoms with E-state index in [1.807, 2.05) is 36.5 Å². The highest BCUT2D eigenvalue weighted by atomic mass is 79.9. The van der Waals surface area contributed by atoms with Gasteiger partial charge in [0.1, 0.15) is 6.61 Å². The second-order valence-corrected chi connectivity index (χ2v) is 7.74. The summed E-state index contributed by atoms with van der Waals surface area (Å²) in [5.41, 5.74) is 2.92. The number of ether oxygens (including phenoxy) is 2. The summed E-state index contributed by atoms with van der Waals surface area (Å²) < 4.78 is 12.6. The van der Waals surface area contributed by atoms with E-state index in [0.717, 1.165) is 21.2 Å². The monoisotopic (exact) mass is 480 g/mol. The van der Waals surface area contributed by atoms with Crippen LogP contribution < -0.4 is 14.8 Å². The molecule has 7 heteroatoms. The molecule has 3 rings (SSSR count). The summed E-state index contributed by atoms with van der Waals surface area (Å²) in [4.78, 5) is 4.13. The molecule has 0 amide bonds. The number of hydrogen-bond acceptors (Lipinski definition) is 4. The minimum atomic E-state index is 0.304. The molecule has 0 bridgehead atoms. The fraction of sp³-hybridized carbons (Fsp3) is 0.190. The van der Waals surface area contributed by atoms with E-state index in [-0.39, 0.29) is 0 Å². The van der Waals surface area contributed by atoms with Gasteiger partial charge in [0.05, 0.1) is 7.11 Å². The third-order valence-corrected chi connectivity index (χ3v) is 5.46. The summed E-state index contributed by atoms with van der Waals surface area (Å²) in [6.45, 7) is 1.59. The number of halogens is 3. The molecule has 0 aliphatic carbocycles. The molecule has 0 atom stereocenters. The molecule has 0 radical (unpaired) electrons. The molecule has 2 aromatic carbocycles. The van der Waals surface area contributed by atoms with Crippen LogP contribution in [0.5, 0.6) is 11.5 Å². The first-order valence-corrected chi connectivity index (χ1v) is 10.1. The number of methoxy groups -OCH3 is 1. The average molecular weight is 482 g/mol. The van der Waals surface area contributed by atoms with Gasteiger partial charge in [-0.15, -0.1) is 0 Å². The highest BCUT2D eigenvalue weighted by Crippen LogP contribution is 2.37. The lowest BCUT2D eigenvalue weighted by atomic mass is 10.1. The van der Waals surface area contributed by atoms with Gasteiger partial charge in [-0.3, -0.25) is 4.98 Å². The fourth-order valence-corrected chi connectivity index (χ4v) is 3.60. The minimum Gasteiger partial charge on any atom is -0.493 e. The van der Waals surface area contributed by atoms with E-state index in [1.165, 1.54) is 0 Å². The number of nitrogens with zero attached hydrogens (tertiary/aromatic N) is 1. The second kappa shape index (κ2) is 10.1. The van der Waals surface area contributed by atoms with Crippen molar-refractivity contribution in [3.05, 3.63) is 86.1 Å². The first-order chi connectivity index (χ1) is 13.6. The molecule has 28 heavy (non-hydrogen) atoms. The van der Waals surface area contributed by atoms with Crippen molar-refractivity contribution in [1.82, 2.24) is 10.3 Å². The SMILES string of the molecule is COc1ccc(Br)c(CNCc2cccnc2)c1OCc1ccc(Cl)cc1Cl. The van der Waals surface area contributed by atoms with Crippen LogP contribution in [0.2, 0.25) is 10.0 Å². The molecule has 0 fully saturated rings. The molecule has 1 aromatic heterocycles. The zero-order valence-electron chi connectivity index (χ0n) is 15.2. The van der Waals surface area contributed by atoms with Crippen LogP contribution in [0, 0.1) is 0 Å². The summed E-state index contributed by atoms with van der Waals surface area (Å²) in [5, 5.41) is 4.58. The van der Waals surface area contributed by atoms with Crippen molar-refractivity contribution in [1.29, 1.82) is 0 Å². The molecule has 0 saturated heterocycles. The Kier molecular flexibility index (Phi) is 7.57. The van der Waals surface area contributed by atoms with E-state index < -0.39 is 0 Å². The zero-order chi connectivity index (χ0) is 19.9. The largest absolute Gasteiger partial charge is 0.493 e. The Labute approximate surface area is 182 Å². The molecule has 3 aromatic rings. The molecule has 0 unspecified atom stereocenters. The van der Waals surface area contributed by atoms with Crippen LogP contribution in [-0.2, 0) is 19.7 Å². The Hall–Kier alpha value is -1.79. The smallest absolute Gasteiger partial charge is 0.167 e. The van der Waals surface area contributed by atoms with Crippen molar-refractivity contribution in [3.63, 3.8) is 0 Å². The minimum absolute atomic E-state index is 0.304. The van der Waals surface area contributed by atoms with Crippen LogP contribution in [-0.4, -0.2) is 12.1 Å². The standard InChI is InChI=1S/C21H19BrCl2N2O2/c1-27-20-7-6-18(22)17(12-26-11-14-3-2-8-25-10-14)21(20)28-13-15-4-5-16(23)9-19(15)24/h2-10,26H,11-13H2,1H3. The number of benzene rings is 2. The van der Waals surface area contributed by atoms with Crippen molar-refractivity contribution in [2.45, 2.75) is 19.7 Å². The normalized spacial score (nSPS) is 10.7. The Bertz CT molecular complexity index is 939. The summed E-state index contributed by atoms with van der Waals surface area (Å²) >= 11 is 15.9. The average Bonchev–Trinajstić information content (AvgIpc) is 2.70. The molecular formula is C21H19BrCl2N2O2. The number of hydrogen-bond donors (Lipinski definition) is 1. The van der Waals surface area contributed by atoms with E-state index in [4.69, 9.17) is 32.7 Å². The predicted molar refractivity (Wildman–Crippen MR) is 116 cm³/mol. The molecule has 146 valence electrons. The van der Waals surface area contributed by atoms with Gasteiger partial charge in [0.15, 0.2) is 11.5 Å². The lowest BCUT2D eigenvalue weighted by Gasteiger charge is -2.17. The number of aromatic nitrogens is 1. The van der Waals surface area contributed by atoms with Gasteiger partial charge in [-0.05, 0) is 35.9 Å². The first kappa shape index (κ1) is 20.9. The van der Waals surface area contributed by atoms with Gasteiger partial charge >= 0.3 is 0 Å². The van der Waals surface area contributed by atoms with Gasteiger partial charge < -0.3 is 14.8 Å². The maximum Gasteiger partial charge on any atom is 0.167 e. The third-order valence-electron chi connectivity index (χ3n) is 4.13. The predicted octanol–water partition coefficient (Wildman–Crippen LogP) is 6.03. The van der Waals surface area contributed by atoms with E-state index >= 15 is 0 Å². The summed E-state index contributed by atoms with van der Waals surface area (Å²) in [6, 6.07) is 13.1. The molecule has 1 heterocycles. The maximum atomic E-state index is 6.27. The molecule has 0 spiro atoms. The van der Waals surface area contributed by atoms with Crippen LogP contribution in [0.4, 0.5) is 0 Å². The van der Waals surface area contributed by atoms with Crippen molar-refractivity contribution < 1.29 is 9.47 Å². The van der Waals surface area contributed by atoms with Gasteiger partial charge in [0, 0.05) is 51.1 Å². The van der Waals surface area contributed by atoms with Crippen molar-refractivity contribution >= 4 is 39.1 Å². The van der Waals surface area contributed by atoms with Gasteiger partial charge in [-0.2, -0.15) is 0 Å². The number of pyridine rings is 1. The Morgan fingerprint density at radius 3 is 2.68 bits per heavy atom. The molecular weight excluding hydrogens is 463 g/mol. The topological polar surface area (TPSA) is 43.4 Å². The zero-order valence-corrected chi connectivity index (χ0v) is 18.3. The fourth-order valence-electron chi connectivity index (χ4n) is 2.69. The van der Waals surface area contributed by atoms with Gasteiger partial charge in [-0.1, -0.05) is 51.3 Å². The van der Waals surface area contributed by atoms with Crippen LogP contribution >= 0.6 is 39.1 Å². The molecule has 0 aliphatic rings. The number of nitrogens with one attached hydrogen (secondary N) is 1. The van der Waals surface area contributed by atoms with Crippen molar-refractivity contribution in [2.24, 2.45) is 0 Å². The van der Waals surface area contributed by atoms with E-state index in [2.05, 4.69) is 26.2 Å². The first-order valence-electron chi connectivity index (χ1n) is 8.60. The molecule has 1 N–H and O–H groups in total.